The molecule has 6 nitrogen and oxygen atoms in total. The highest BCUT2D eigenvalue weighted by Gasteiger charge is 2.26. The Hall–Kier alpha value is -3.46. The van der Waals surface area contributed by atoms with Gasteiger partial charge in [0.1, 0.15) is 16.9 Å². The first-order chi connectivity index (χ1) is 14.3. The number of carbonyl (C=O) groups is 1. The molecular weight excluding hydrogens is 416 g/mol. The predicted octanol–water partition coefficient (Wildman–Crippen LogP) is 4.60. The van der Waals surface area contributed by atoms with Gasteiger partial charge in [-0.15, -0.1) is 0 Å². The summed E-state index contributed by atoms with van der Waals surface area (Å²) in [4.78, 5) is 11.6. The molecule has 0 radical (unpaired) electrons. The van der Waals surface area contributed by atoms with Crippen molar-refractivity contribution in [1.82, 2.24) is 0 Å². The van der Waals surface area contributed by atoms with Crippen LogP contribution in [0.1, 0.15) is 0 Å². The van der Waals surface area contributed by atoms with Crippen LogP contribution in [0.4, 0.5) is 14.5 Å². The Morgan fingerprint density at radius 2 is 1.67 bits per heavy atom. The van der Waals surface area contributed by atoms with Crippen molar-refractivity contribution >= 4 is 43.4 Å². The average molecular weight is 431 g/mol. The number of nitrogens with one attached hydrogen (secondary N) is 1. The van der Waals surface area contributed by atoms with Gasteiger partial charge in [0.2, 0.25) is 9.84 Å². The molecule has 1 heterocycles. The minimum Gasteiger partial charge on any atom is -0.484 e. The molecule has 4 rings (SSSR count). The van der Waals surface area contributed by atoms with Gasteiger partial charge >= 0.3 is 5.76 Å². The molecule has 0 saturated heterocycles. The van der Waals surface area contributed by atoms with Gasteiger partial charge in [-0.25, -0.2) is 8.42 Å². The zero-order valence-electron chi connectivity index (χ0n) is 15.3. The fraction of sp³-hybridized carbons (Fsp3) is 0.0952. The third-order valence-electron chi connectivity index (χ3n) is 4.42. The topological polar surface area (TPSA) is 85.6 Å². The lowest BCUT2D eigenvalue weighted by molar-refractivity contribution is -0.118. The molecule has 1 aromatic heterocycles. The van der Waals surface area contributed by atoms with Gasteiger partial charge in [-0.2, -0.15) is 8.78 Å². The lowest BCUT2D eigenvalue weighted by Gasteiger charge is -2.08. The average Bonchev–Trinajstić information content (AvgIpc) is 3.10. The summed E-state index contributed by atoms with van der Waals surface area (Å²) < 4.78 is 59.2. The van der Waals surface area contributed by atoms with Crippen LogP contribution in [0.25, 0.3) is 21.9 Å². The molecule has 0 fully saturated rings. The third-order valence-corrected chi connectivity index (χ3v) is 5.82. The third kappa shape index (κ3) is 3.84. The zero-order chi connectivity index (χ0) is 21.3. The second kappa shape index (κ2) is 7.75. The number of carbonyl (C=O) groups excluding carboxylic acids is 1. The van der Waals surface area contributed by atoms with Crippen LogP contribution in [0.2, 0.25) is 0 Å². The number of amides is 1. The van der Waals surface area contributed by atoms with Crippen LogP contribution < -0.4 is 10.1 Å². The lowest BCUT2D eigenvalue weighted by atomic mass is 10.1. The maximum atomic E-state index is 12.6. The Morgan fingerprint density at radius 1 is 0.967 bits per heavy atom. The summed E-state index contributed by atoms with van der Waals surface area (Å²) >= 11 is 0. The van der Waals surface area contributed by atoms with Crippen molar-refractivity contribution in [3.05, 3.63) is 66.7 Å². The van der Waals surface area contributed by atoms with E-state index in [1.807, 2.05) is 24.3 Å². The van der Waals surface area contributed by atoms with Crippen molar-refractivity contribution in [2.45, 2.75) is 10.7 Å². The SMILES string of the molecule is O=C(COc1ccc2oc3ccccc3c2c1)Nc1ccc(S(=O)(=O)C(F)F)cc1. The number of benzene rings is 3. The quantitative estimate of drug-likeness (QED) is 0.482. The molecule has 0 saturated carbocycles. The molecule has 0 bridgehead atoms. The number of sulfone groups is 1. The molecule has 0 aliphatic rings. The number of fused-ring (bicyclic) bond motifs is 3. The highest BCUT2D eigenvalue weighted by atomic mass is 32.2. The first-order valence-electron chi connectivity index (χ1n) is 8.81. The molecule has 1 amide bonds. The van der Waals surface area contributed by atoms with E-state index in [-0.39, 0.29) is 12.3 Å². The van der Waals surface area contributed by atoms with Gasteiger partial charge in [0.15, 0.2) is 6.61 Å². The summed E-state index contributed by atoms with van der Waals surface area (Å²) in [5, 5.41) is 4.31. The minimum absolute atomic E-state index is 0.257. The van der Waals surface area contributed by atoms with Crippen LogP contribution >= 0.6 is 0 Å². The molecule has 0 atom stereocenters. The van der Waals surface area contributed by atoms with Crippen LogP contribution in [0.15, 0.2) is 76.0 Å². The number of halogens is 2. The van der Waals surface area contributed by atoms with Gasteiger partial charge in [-0.05, 0) is 48.5 Å². The van der Waals surface area contributed by atoms with E-state index in [2.05, 4.69) is 5.32 Å². The van der Waals surface area contributed by atoms with Gasteiger partial charge in [0.05, 0.1) is 4.90 Å². The molecular formula is C21H15F2NO5S. The van der Waals surface area contributed by atoms with Crippen molar-refractivity contribution < 1.29 is 31.1 Å². The monoisotopic (exact) mass is 431 g/mol. The van der Waals surface area contributed by atoms with Gasteiger partial charge in [-0.1, -0.05) is 18.2 Å². The molecule has 1 N–H and O–H groups in total. The number of alkyl halides is 2. The van der Waals surface area contributed by atoms with Crippen LogP contribution in [0, 0.1) is 0 Å². The van der Waals surface area contributed by atoms with Crippen molar-refractivity contribution in [3.8, 4) is 5.75 Å². The Morgan fingerprint density at radius 3 is 2.40 bits per heavy atom. The molecule has 0 spiro atoms. The van der Waals surface area contributed by atoms with E-state index in [9.17, 15) is 22.0 Å². The van der Waals surface area contributed by atoms with E-state index in [0.29, 0.717) is 11.3 Å². The van der Waals surface area contributed by atoms with Crippen molar-refractivity contribution in [3.63, 3.8) is 0 Å². The second-order valence-corrected chi connectivity index (χ2v) is 8.34. The molecule has 4 aromatic rings. The highest BCUT2D eigenvalue weighted by molar-refractivity contribution is 7.91. The summed E-state index contributed by atoms with van der Waals surface area (Å²) in [6.07, 6.45) is 0. The van der Waals surface area contributed by atoms with Gasteiger partial charge in [0, 0.05) is 16.5 Å². The van der Waals surface area contributed by atoms with Crippen molar-refractivity contribution in [1.29, 1.82) is 0 Å². The maximum absolute atomic E-state index is 12.6. The van der Waals surface area contributed by atoms with Gasteiger partial charge < -0.3 is 14.5 Å². The highest BCUT2D eigenvalue weighted by Crippen LogP contribution is 2.31. The zero-order valence-corrected chi connectivity index (χ0v) is 16.2. The van der Waals surface area contributed by atoms with E-state index in [1.165, 1.54) is 12.1 Å². The van der Waals surface area contributed by atoms with Crippen LogP contribution in [0.5, 0.6) is 5.75 Å². The summed E-state index contributed by atoms with van der Waals surface area (Å²) in [6.45, 7) is -0.293. The number of anilines is 1. The molecule has 9 heteroatoms. The van der Waals surface area contributed by atoms with Gasteiger partial charge in [0.25, 0.3) is 5.91 Å². The fourth-order valence-corrected chi connectivity index (χ4v) is 3.69. The molecule has 0 aliphatic heterocycles. The summed E-state index contributed by atoms with van der Waals surface area (Å²) in [7, 11) is -4.68. The summed E-state index contributed by atoms with van der Waals surface area (Å²) in [5.41, 5.74) is 1.71. The Kier molecular flexibility index (Phi) is 5.13. The van der Waals surface area contributed by atoms with Crippen LogP contribution in [-0.4, -0.2) is 26.7 Å². The first-order valence-corrected chi connectivity index (χ1v) is 10.4. The smallest absolute Gasteiger partial charge is 0.341 e. The standard InChI is InChI=1S/C21H15F2NO5S/c22-21(23)30(26,27)15-8-5-13(6-9-15)24-20(25)12-28-14-7-10-19-17(11-14)16-3-1-2-4-18(16)29-19/h1-11,21H,12H2,(H,24,25). The Balaban J connectivity index is 1.42. The largest absolute Gasteiger partial charge is 0.484 e. The molecule has 3 aromatic carbocycles. The Bertz CT molecular complexity index is 1330. The number of hydrogen-bond donors (Lipinski definition) is 1. The normalized spacial score (nSPS) is 11.8. The van der Waals surface area contributed by atoms with Crippen molar-refractivity contribution in [2.24, 2.45) is 0 Å². The number of rotatable bonds is 6. The summed E-state index contributed by atoms with van der Waals surface area (Å²) in [6, 6.07) is 17.3. The summed E-state index contributed by atoms with van der Waals surface area (Å²) in [5.74, 6) is -3.52. The van der Waals surface area contributed by atoms with E-state index >= 15 is 0 Å². The number of furan rings is 1. The van der Waals surface area contributed by atoms with E-state index in [1.54, 1.807) is 18.2 Å². The minimum atomic E-state index is -4.68. The molecule has 154 valence electrons. The van der Waals surface area contributed by atoms with Crippen LogP contribution in [0.3, 0.4) is 0 Å². The van der Waals surface area contributed by atoms with E-state index < -0.39 is 26.4 Å². The lowest BCUT2D eigenvalue weighted by Crippen LogP contribution is -2.20. The Labute approximate surface area is 170 Å². The van der Waals surface area contributed by atoms with E-state index in [4.69, 9.17) is 9.15 Å². The second-order valence-electron chi connectivity index (χ2n) is 6.42. The van der Waals surface area contributed by atoms with E-state index in [0.717, 1.165) is 28.5 Å². The molecule has 0 unspecified atom stereocenters. The van der Waals surface area contributed by atoms with Crippen molar-refractivity contribution in [2.75, 3.05) is 11.9 Å². The van der Waals surface area contributed by atoms with Gasteiger partial charge in [-0.3, -0.25) is 4.79 Å². The number of ether oxygens (including phenoxy) is 1. The fourth-order valence-electron chi connectivity index (χ4n) is 2.97. The first kappa shape index (κ1) is 19.8. The molecule has 30 heavy (non-hydrogen) atoms. The maximum Gasteiger partial charge on any atom is 0.341 e. The number of hydrogen-bond acceptors (Lipinski definition) is 5. The molecule has 0 aliphatic carbocycles. The number of para-hydroxylation sites is 1. The van der Waals surface area contributed by atoms with Crippen LogP contribution in [-0.2, 0) is 14.6 Å². The predicted molar refractivity (Wildman–Crippen MR) is 107 cm³/mol.